The lowest BCUT2D eigenvalue weighted by molar-refractivity contribution is -0.123. The van der Waals surface area contributed by atoms with E-state index in [4.69, 9.17) is 0 Å². The van der Waals surface area contributed by atoms with Crippen LogP contribution in [0, 0.1) is 12.8 Å². The van der Waals surface area contributed by atoms with E-state index in [1.807, 2.05) is 26.0 Å². The SMILES string of the molecule is Cc1ccccc1C(C)(C)CNC(=O)CC(O)C(C)C. The summed E-state index contributed by atoms with van der Waals surface area (Å²) < 4.78 is 0. The second-order valence-corrected chi connectivity index (χ2v) is 6.49. The molecule has 112 valence electrons. The summed E-state index contributed by atoms with van der Waals surface area (Å²) in [7, 11) is 0. The lowest BCUT2D eigenvalue weighted by atomic mass is 9.82. The first-order valence-corrected chi connectivity index (χ1v) is 7.25. The van der Waals surface area contributed by atoms with Gasteiger partial charge >= 0.3 is 0 Å². The van der Waals surface area contributed by atoms with Crippen LogP contribution in [-0.2, 0) is 10.2 Å². The van der Waals surface area contributed by atoms with Crippen LogP contribution in [0.25, 0.3) is 0 Å². The molecular weight excluding hydrogens is 250 g/mol. The van der Waals surface area contributed by atoms with Crippen molar-refractivity contribution in [1.82, 2.24) is 5.32 Å². The van der Waals surface area contributed by atoms with Crippen molar-refractivity contribution >= 4 is 5.91 Å². The van der Waals surface area contributed by atoms with Gasteiger partial charge in [-0.05, 0) is 24.0 Å². The minimum atomic E-state index is -0.573. The summed E-state index contributed by atoms with van der Waals surface area (Å²) in [5, 5.41) is 12.7. The van der Waals surface area contributed by atoms with Crippen LogP contribution >= 0.6 is 0 Å². The van der Waals surface area contributed by atoms with Crippen LogP contribution in [0.4, 0.5) is 0 Å². The standard InChI is InChI=1S/C17H27NO2/c1-12(2)15(19)10-16(20)18-11-17(4,5)14-9-7-6-8-13(14)3/h6-9,12,15,19H,10-11H2,1-5H3,(H,18,20). The van der Waals surface area contributed by atoms with Gasteiger partial charge in [-0.25, -0.2) is 0 Å². The molecule has 0 radical (unpaired) electrons. The molecule has 0 heterocycles. The van der Waals surface area contributed by atoms with Crippen molar-refractivity contribution in [2.75, 3.05) is 6.54 Å². The van der Waals surface area contributed by atoms with Crippen molar-refractivity contribution in [3.8, 4) is 0 Å². The molecule has 3 heteroatoms. The van der Waals surface area contributed by atoms with Gasteiger partial charge < -0.3 is 10.4 Å². The molecule has 1 unspecified atom stereocenters. The second kappa shape index (κ2) is 6.89. The minimum Gasteiger partial charge on any atom is -0.392 e. The summed E-state index contributed by atoms with van der Waals surface area (Å²) >= 11 is 0. The van der Waals surface area contributed by atoms with Gasteiger partial charge in [0.05, 0.1) is 12.5 Å². The Kier molecular flexibility index (Phi) is 5.75. The fraction of sp³-hybridized carbons (Fsp3) is 0.588. The maximum absolute atomic E-state index is 11.8. The Labute approximate surface area is 122 Å². The molecule has 0 fully saturated rings. The second-order valence-electron chi connectivity index (χ2n) is 6.49. The molecule has 20 heavy (non-hydrogen) atoms. The van der Waals surface area contributed by atoms with Gasteiger partial charge in [0.15, 0.2) is 0 Å². The van der Waals surface area contributed by atoms with Crippen molar-refractivity contribution < 1.29 is 9.90 Å². The Morgan fingerprint density at radius 3 is 2.45 bits per heavy atom. The molecule has 0 aliphatic heterocycles. The lowest BCUT2D eigenvalue weighted by Gasteiger charge is -2.27. The first-order valence-electron chi connectivity index (χ1n) is 7.25. The predicted octanol–water partition coefficient (Wildman–Crippen LogP) is 2.80. The van der Waals surface area contributed by atoms with Crippen LogP contribution in [0.1, 0.15) is 45.2 Å². The molecule has 1 rings (SSSR count). The summed E-state index contributed by atoms with van der Waals surface area (Å²) in [6.07, 6.45) is -0.404. The number of benzene rings is 1. The first kappa shape index (κ1) is 16.7. The number of nitrogens with one attached hydrogen (secondary N) is 1. The predicted molar refractivity (Wildman–Crippen MR) is 82.7 cm³/mol. The first-order chi connectivity index (χ1) is 9.24. The number of aryl methyl sites for hydroxylation is 1. The van der Waals surface area contributed by atoms with E-state index >= 15 is 0 Å². The van der Waals surface area contributed by atoms with Crippen molar-refractivity contribution in [3.63, 3.8) is 0 Å². The van der Waals surface area contributed by atoms with Gasteiger partial charge in [-0.2, -0.15) is 0 Å². The number of hydrogen-bond acceptors (Lipinski definition) is 2. The van der Waals surface area contributed by atoms with Crippen LogP contribution in [0.5, 0.6) is 0 Å². The highest BCUT2D eigenvalue weighted by atomic mass is 16.3. The van der Waals surface area contributed by atoms with Crippen LogP contribution in [-0.4, -0.2) is 23.7 Å². The van der Waals surface area contributed by atoms with Gasteiger partial charge in [0.1, 0.15) is 0 Å². The highest BCUT2D eigenvalue weighted by molar-refractivity contribution is 5.76. The molecule has 1 atom stereocenters. The average molecular weight is 277 g/mol. The Bertz CT molecular complexity index is 452. The van der Waals surface area contributed by atoms with Crippen molar-refractivity contribution in [1.29, 1.82) is 0 Å². The van der Waals surface area contributed by atoms with E-state index in [0.717, 1.165) is 0 Å². The smallest absolute Gasteiger partial charge is 0.222 e. The number of amides is 1. The molecule has 0 aliphatic carbocycles. The number of aliphatic hydroxyl groups excluding tert-OH is 1. The van der Waals surface area contributed by atoms with Gasteiger partial charge in [-0.15, -0.1) is 0 Å². The minimum absolute atomic E-state index is 0.0899. The molecule has 2 N–H and O–H groups in total. The monoisotopic (exact) mass is 277 g/mol. The van der Waals surface area contributed by atoms with Gasteiger partial charge in [-0.1, -0.05) is 52.0 Å². The summed E-state index contributed by atoms with van der Waals surface area (Å²) in [6.45, 7) is 10.7. The maximum atomic E-state index is 11.8. The molecule has 0 saturated heterocycles. The Morgan fingerprint density at radius 1 is 1.30 bits per heavy atom. The fourth-order valence-electron chi connectivity index (χ4n) is 2.24. The maximum Gasteiger partial charge on any atom is 0.222 e. The van der Waals surface area contributed by atoms with E-state index in [9.17, 15) is 9.90 Å². The number of carbonyl (C=O) groups is 1. The van der Waals surface area contributed by atoms with E-state index in [0.29, 0.717) is 6.54 Å². The zero-order valence-corrected chi connectivity index (χ0v) is 13.2. The highest BCUT2D eigenvalue weighted by Gasteiger charge is 2.23. The molecule has 0 saturated carbocycles. The lowest BCUT2D eigenvalue weighted by Crippen LogP contribution is -2.38. The van der Waals surface area contributed by atoms with Crippen LogP contribution in [0.2, 0.25) is 0 Å². The van der Waals surface area contributed by atoms with E-state index < -0.39 is 6.10 Å². The number of rotatable bonds is 6. The fourth-order valence-corrected chi connectivity index (χ4v) is 2.24. The zero-order valence-electron chi connectivity index (χ0n) is 13.2. The Morgan fingerprint density at radius 2 is 1.90 bits per heavy atom. The molecular formula is C17H27NO2. The van der Waals surface area contributed by atoms with E-state index in [1.165, 1.54) is 11.1 Å². The average Bonchev–Trinajstić information content (AvgIpc) is 2.36. The molecule has 1 amide bonds. The molecule has 1 aromatic rings. The third-order valence-corrected chi connectivity index (χ3v) is 3.77. The molecule has 0 bridgehead atoms. The summed E-state index contributed by atoms with van der Waals surface area (Å²) in [4.78, 5) is 11.8. The van der Waals surface area contributed by atoms with Gasteiger partial charge in [0.25, 0.3) is 0 Å². The Balaban J connectivity index is 2.60. The quantitative estimate of drug-likeness (QED) is 0.840. The van der Waals surface area contributed by atoms with E-state index in [-0.39, 0.29) is 23.7 Å². The van der Waals surface area contributed by atoms with Crippen LogP contribution in [0.15, 0.2) is 24.3 Å². The zero-order chi connectivity index (χ0) is 15.3. The number of hydrogen-bond donors (Lipinski definition) is 2. The number of carbonyl (C=O) groups excluding carboxylic acids is 1. The van der Waals surface area contributed by atoms with Crippen molar-refractivity contribution in [2.24, 2.45) is 5.92 Å². The third kappa shape index (κ3) is 4.64. The molecule has 1 aromatic carbocycles. The van der Waals surface area contributed by atoms with E-state index in [2.05, 4.69) is 38.2 Å². The van der Waals surface area contributed by atoms with Gasteiger partial charge in [0, 0.05) is 12.0 Å². The summed E-state index contributed by atoms with van der Waals surface area (Å²) in [5.41, 5.74) is 2.35. The van der Waals surface area contributed by atoms with Crippen LogP contribution < -0.4 is 5.32 Å². The van der Waals surface area contributed by atoms with E-state index in [1.54, 1.807) is 0 Å². The van der Waals surface area contributed by atoms with Crippen LogP contribution in [0.3, 0.4) is 0 Å². The molecule has 3 nitrogen and oxygen atoms in total. The summed E-state index contributed by atoms with van der Waals surface area (Å²) in [6, 6.07) is 8.23. The highest BCUT2D eigenvalue weighted by Crippen LogP contribution is 2.25. The van der Waals surface area contributed by atoms with Crippen molar-refractivity contribution in [2.45, 2.75) is 52.6 Å². The Hall–Kier alpha value is -1.35. The molecule has 0 spiro atoms. The normalized spacial score (nSPS) is 13.3. The van der Waals surface area contributed by atoms with Gasteiger partial charge in [-0.3, -0.25) is 4.79 Å². The van der Waals surface area contributed by atoms with Crippen molar-refractivity contribution in [3.05, 3.63) is 35.4 Å². The topological polar surface area (TPSA) is 49.3 Å². The van der Waals surface area contributed by atoms with Gasteiger partial charge in [0.2, 0.25) is 5.91 Å². The largest absolute Gasteiger partial charge is 0.392 e. The third-order valence-electron chi connectivity index (χ3n) is 3.77. The molecule has 0 aliphatic rings. The molecule has 0 aromatic heterocycles. The number of aliphatic hydroxyl groups is 1. The summed E-state index contributed by atoms with van der Waals surface area (Å²) in [5.74, 6) is 0.0120.